The van der Waals surface area contributed by atoms with E-state index < -0.39 is 0 Å². The minimum Gasteiger partial charge on any atom is -0.494 e. The Balaban J connectivity index is 1.51. The largest absolute Gasteiger partial charge is 0.494 e. The van der Waals surface area contributed by atoms with Crippen LogP contribution in [-0.2, 0) is 6.42 Å². The van der Waals surface area contributed by atoms with Gasteiger partial charge in [-0.05, 0) is 43.9 Å². The fourth-order valence-corrected chi connectivity index (χ4v) is 2.25. The molecule has 0 radical (unpaired) electrons. The number of hydrogen-bond acceptors (Lipinski definition) is 1. The fourth-order valence-electron chi connectivity index (χ4n) is 2.25. The maximum atomic E-state index is 5.73. The third kappa shape index (κ3) is 5.48. The zero-order valence-corrected chi connectivity index (χ0v) is 12.3. The SMILES string of the molecule is Cc1ccc(OCCCCCCc2ccccc2)cc1. The minimum absolute atomic E-state index is 0.828. The van der Waals surface area contributed by atoms with Crippen molar-refractivity contribution >= 4 is 0 Å². The highest BCUT2D eigenvalue weighted by atomic mass is 16.5. The van der Waals surface area contributed by atoms with Crippen LogP contribution in [0, 0.1) is 6.92 Å². The molecule has 0 heterocycles. The van der Waals surface area contributed by atoms with Crippen molar-refractivity contribution < 1.29 is 4.74 Å². The quantitative estimate of drug-likeness (QED) is 0.600. The van der Waals surface area contributed by atoms with Gasteiger partial charge in [-0.1, -0.05) is 60.9 Å². The Morgan fingerprint density at radius 3 is 2.20 bits per heavy atom. The Labute approximate surface area is 122 Å². The van der Waals surface area contributed by atoms with Gasteiger partial charge < -0.3 is 4.74 Å². The molecule has 1 nitrogen and oxygen atoms in total. The van der Waals surface area contributed by atoms with Crippen molar-refractivity contribution in [2.45, 2.75) is 39.0 Å². The number of unbranched alkanes of at least 4 members (excludes halogenated alkanes) is 3. The van der Waals surface area contributed by atoms with Crippen LogP contribution in [0.5, 0.6) is 5.75 Å². The van der Waals surface area contributed by atoms with Crippen LogP contribution in [0.3, 0.4) is 0 Å². The lowest BCUT2D eigenvalue weighted by Gasteiger charge is -2.06. The van der Waals surface area contributed by atoms with Crippen LogP contribution in [0.25, 0.3) is 0 Å². The first kappa shape index (κ1) is 14.6. The summed E-state index contributed by atoms with van der Waals surface area (Å²) in [4.78, 5) is 0. The molecule has 0 atom stereocenters. The highest BCUT2D eigenvalue weighted by Crippen LogP contribution is 2.12. The maximum Gasteiger partial charge on any atom is 0.119 e. The molecule has 2 rings (SSSR count). The molecule has 0 aliphatic rings. The van der Waals surface area contributed by atoms with Gasteiger partial charge in [0.25, 0.3) is 0 Å². The van der Waals surface area contributed by atoms with E-state index in [0.29, 0.717) is 0 Å². The van der Waals surface area contributed by atoms with E-state index in [4.69, 9.17) is 4.74 Å². The van der Waals surface area contributed by atoms with Gasteiger partial charge in [0.15, 0.2) is 0 Å². The molecular weight excluding hydrogens is 244 g/mol. The van der Waals surface area contributed by atoms with E-state index in [1.165, 1.54) is 36.8 Å². The van der Waals surface area contributed by atoms with Gasteiger partial charge in [-0.3, -0.25) is 0 Å². The second kappa shape index (κ2) is 8.42. The molecule has 0 spiro atoms. The summed E-state index contributed by atoms with van der Waals surface area (Å²) in [6.07, 6.45) is 6.14. The second-order valence-electron chi connectivity index (χ2n) is 5.31. The molecule has 0 fully saturated rings. The summed E-state index contributed by atoms with van der Waals surface area (Å²) in [6, 6.07) is 19.0. The number of benzene rings is 2. The molecule has 0 unspecified atom stereocenters. The Morgan fingerprint density at radius 2 is 1.45 bits per heavy atom. The van der Waals surface area contributed by atoms with Crippen molar-refractivity contribution in [2.24, 2.45) is 0 Å². The smallest absolute Gasteiger partial charge is 0.119 e. The minimum atomic E-state index is 0.828. The molecule has 106 valence electrons. The van der Waals surface area contributed by atoms with Gasteiger partial charge in [-0.15, -0.1) is 0 Å². The standard InChI is InChI=1S/C19H24O/c1-17-12-14-19(15-13-17)20-16-8-3-2-5-9-18-10-6-4-7-11-18/h4,6-7,10-15H,2-3,5,8-9,16H2,1H3. The van der Waals surface area contributed by atoms with Gasteiger partial charge in [0.1, 0.15) is 5.75 Å². The molecule has 20 heavy (non-hydrogen) atoms. The number of ether oxygens (including phenoxy) is 1. The normalized spacial score (nSPS) is 10.4. The zero-order valence-electron chi connectivity index (χ0n) is 12.3. The molecule has 0 aromatic heterocycles. The zero-order chi connectivity index (χ0) is 14.0. The molecule has 0 N–H and O–H groups in total. The van der Waals surface area contributed by atoms with Crippen LogP contribution in [-0.4, -0.2) is 6.61 Å². The van der Waals surface area contributed by atoms with Crippen molar-refractivity contribution in [1.82, 2.24) is 0 Å². The predicted molar refractivity (Wildman–Crippen MR) is 85.3 cm³/mol. The highest BCUT2D eigenvalue weighted by Gasteiger charge is 1.95. The van der Waals surface area contributed by atoms with Crippen molar-refractivity contribution in [3.8, 4) is 5.75 Å². The summed E-state index contributed by atoms with van der Waals surface area (Å²) in [5, 5.41) is 0. The Hall–Kier alpha value is -1.76. The van der Waals surface area contributed by atoms with Gasteiger partial charge in [0.05, 0.1) is 6.61 Å². The number of hydrogen-bond donors (Lipinski definition) is 0. The van der Waals surface area contributed by atoms with Crippen LogP contribution < -0.4 is 4.74 Å². The molecule has 2 aromatic carbocycles. The third-order valence-electron chi connectivity index (χ3n) is 3.49. The summed E-state index contributed by atoms with van der Waals surface area (Å²) in [5.74, 6) is 0.986. The first-order valence-corrected chi connectivity index (χ1v) is 7.58. The van der Waals surface area contributed by atoms with E-state index in [2.05, 4.69) is 49.4 Å². The van der Waals surface area contributed by atoms with E-state index >= 15 is 0 Å². The average molecular weight is 268 g/mol. The summed E-state index contributed by atoms with van der Waals surface area (Å²) in [6.45, 7) is 2.92. The van der Waals surface area contributed by atoms with E-state index in [-0.39, 0.29) is 0 Å². The van der Waals surface area contributed by atoms with Crippen molar-refractivity contribution in [3.63, 3.8) is 0 Å². The first-order chi connectivity index (χ1) is 9.84. The van der Waals surface area contributed by atoms with Gasteiger partial charge in [-0.2, -0.15) is 0 Å². The molecule has 1 heteroatoms. The van der Waals surface area contributed by atoms with Crippen molar-refractivity contribution in [2.75, 3.05) is 6.61 Å². The van der Waals surface area contributed by atoms with Gasteiger partial charge in [0, 0.05) is 0 Å². The number of aryl methyl sites for hydroxylation is 2. The Morgan fingerprint density at radius 1 is 0.750 bits per heavy atom. The lowest BCUT2D eigenvalue weighted by Crippen LogP contribution is -1.97. The second-order valence-corrected chi connectivity index (χ2v) is 5.31. The van der Waals surface area contributed by atoms with Crippen LogP contribution in [0.4, 0.5) is 0 Å². The highest BCUT2D eigenvalue weighted by molar-refractivity contribution is 5.26. The Kier molecular flexibility index (Phi) is 6.16. The topological polar surface area (TPSA) is 9.23 Å². The average Bonchev–Trinajstić information content (AvgIpc) is 2.49. The monoisotopic (exact) mass is 268 g/mol. The molecule has 0 saturated heterocycles. The summed E-state index contributed by atoms with van der Waals surface area (Å²) in [7, 11) is 0. The fraction of sp³-hybridized carbons (Fsp3) is 0.368. The van der Waals surface area contributed by atoms with Gasteiger partial charge >= 0.3 is 0 Å². The summed E-state index contributed by atoms with van der Waals surface area (Å²) in [5.41, 5.74) is 2.72. The summed E-state index contributed by atoms with van der Waals surface area (Å²) < 4.78 is 5.73. The predicted octanol–water partition coefficient (Wildman–Crippen LogP) is 5.18. The molecule has 0 aliphatic carbocycles. The van der Waals surface area contributed by atoms with Crippen LogP contribution in [0.2, 0.25) is 0 Å². The first-order valence-electron chi connectivity index (χ1n) is 7.58. The van der Waals surface area contributed by atoms with Crippen LogP contribution in [0.15, 0.2) is 54.6 Å². The van der Waals surface area contributed by atoms with E-state index in [1.54, 1.807) is 0 Å². The van der Waals surface area contributed by atoms with E-state index in [1.807, 2.05) is 12.1 Å². The molecule has 0 amide bonds. The van der Waals surface area contributed by atoms with Gasteiger partial charge in [0.2, 0.25) is 0 Å². The van der Waals surface area contributed by atoms with Crippen LogP contribution in [0.1, 0.15) is 36.8 Å². The molecule has 0 aliphatic heterocycles. The lowest BCUT2D eigenvalue weighted by atomic mass is 10.1. The maximum absolute atomic E-state index is 5.73. The lowest BCUT2D eigenvalue weighted by molar-refractivity contribution is 0.304. The molecule has 0 saturated carbocycles. The molecule has 2 aromatic rings. The summed E-state index contributed by atoms with van der Waals surface area (Å²) >= 11 is 0. The van der Waals surface area contributed by atoms with E-state index in [0.717, 1.165) is 18.8 Å². The molecular formula is C19H24O. The van der Waals surface area contributed by atoms with Gasteiger partial charge in [-0.25, -0.2) is 0 Å². The van der Waals surface area contributed by atoms with Crippen molar-refractivity contribution in [3.05, 3.63) is 65.7 Å². The van der Waals surface area contributed by atoms with Crippen LogP contribution >= 0.6 is 0 Å². The van der Waals surface area contributed by atoms with Crippen molar-refractivity contribution in [1.29, 1.82) is 0 Å². The molecule has 0 bridgehead atoms. The third-order valence-corrected chi connectivity index (χ3v) is 3.49. The number of rotatable bonds is 8. The van der Waals surface area contributed by atoms with E-state index in [9.17, 15) is 0 Å². The Bertz CT molecular complexity index is 473.